The summed E-state index contributed by atoms with van der Waals surface area (Å²) in [5.41, 5.74) is -0.857. The van der Waals surface area contributed by atoms with E-state index in [0.29, 0.717) is 0 Å². The first kappa shape index (κ1) is 12.3. The van der Waals surface area contributed by atoms with Crippen molar-refractivity contribution in [3.05, 3.63) is 22.8 Å². The Balaban J connectivity index is 2.90. The number of carbonyl (C=O) groups excluding carboxylic acids is 1. The van der Waals surface area contributed by atoms with Crippen LogP contribution in [0.25, 0.3) is 0 Å². The lowest BCUT2D eigenvalue weighted by Gasteiger charge is -2.28. The molecule has 1 aliphatic rings. The van der Waals surface area contributed by atoms with Crippen LogP contribution in [0, 0.1) is 0 Å². The molecular weight excluding hydrogens is 275 g/mol. The Bertz CT molecular complexity index is 309. The summed E-state index contributed by atoms with van der Waals surface area (Å²) in [6, 6.07) is 0. The third kappa shape index (κ3) is 3.09. The van der Waals surface area contributed by atoms with Crippen LogP contribution in [0.5, 0.6) is 0 Å². The number of rotatable bonds is 2. The van der Waals surface area contributed by atoms with Crippen LogP contribution >= 0.6 is 15.9 Å². The highest BCUT2D eigenvalue weighted by Gasteiger charge is 2.40. The molecule has 0 spiro atoms. The molecule has 0 fully saturated rings. The Hall–Kier alpha value is -0.780. The maximum Gasteiger partial charge on any atom is 0.431 e. The van der Waals surface area contributed by atoms with Gasteiger partial charge >= 0.3 is 6.18 Å². The Morgan fingerprint density at radius 1 is 1.53 bits per heavy atom. The minimum Gasteiger partial charge on any atom is -0.304 e. The van der Waals surface area contributed by atoms with Gasteiger partial charge in [-0.05, 0) is 11.4 Å². The minimum atomic E-state index is -4.46. The molecule has 0 aromatic heterocycles. The van der Waals surface area contributed by atoms with Crippen molar-refractivity contribution in [3.8, 4) is 0 Å². The number of alkyl halides is 3. The van der Waals surface area contributed by atoms with Gasteiger partial charge in [-0.1, -0.05) is 28.1 Å². The number of carbonyl (C=O) groups is 1. The molecule has 0 aliphatic carbocycles. The average Bonchev–Trinajstić information content (AvgIpc) is 2.14. The SMILES string of the molecule is O=C1CCC=C(C(F)(F)F)N1C/C=C/Br. The first-order valence-corrected chi connectivity index (χ1v) is 5.21. The average molecular weight is 284 g/mol. The molecule has 2 nitrogen and oxygen atoms in total. The van der Waals surface area contributed by atoms with Gasteiger partial charge < -0.3 is 4.90 Å². The molecule has 1 heterocycles. The fraction of sp³-hybridized carbons (Fsp3) is 0.444. The van der Waals surface area contributed by atoms with Gasteiger partial charge in [-0.15, -0.1) is 0 Å². The molecule has 0 aromatic carbocycles. The normalized spacial score (nSPS) is 18.5. The van der Waals surface area contributed by atoms with E-state index in [0.717, 1.165) is 11.0 Å². The van der Waals surface area contributed by atoms with Gasteiger partial charge in [0.2, 0.25) is 5.91 Å². The smallest absolute Gasteiger partial charge is 0.304 e. The van der Waals surface area contributed by atoms with Gasteiger partial charge in [0, 0.05) is 13.0 Å². The zero-order chi connectivity index (χ0) is 11.5. The molecule has 0 atom stereocenters. The van der Waals surface area contributed by atoms with Gasteiger partial charge in [0.05, 0.1) is 0 Å². The van der Waals surface area contributed by atoms with Crippen molar-refractivity contribution in [2.24, 2.45) is 0 Å². The van der Waals surface area contributed by atoms with E-state index in [4.69, 9.17) is 0 Å². The molecule has 0 saturated carbocycles. The summed E-state index contributed by atoms with van der Waals surface area (Å²) in [5, 5.41) is 0. The summed E-state index contributed by atoms with van der Waals surface area (Å²) in [6.07, 6.45) is -1.67. The number of nitrogens with zero attached hydrogens (tertiary/aromatic N) is 1. The Labute approximate surface area is 93.6 Å². The van der Waals surface area contributed by atoms with Crippen LogP contribution in [0.1, 0.15) is 12.8 Å². The number of hydrogen-bond donors (Lipinski definition) is 0. The van der Waals surface area contributed by atoms with E-state index >= 15 is 0 Å². The molecular formula is C9H9BrF3NO. The summed E-state index contributed by atoms with van der Waals surface area (Å²) in [5.74, 6) is -0.490. The highest BCUT2D eigenvalue weighted by atomic mass is 79.9. The van der Waals surface area contributed by atoms with Crippen LogP contribution in [0.15, 0.2) is 22.8 Å². The molecule has 0 bridgehead atoms. The standard InChI is InChI=1S/C9H9BrF3NO/c10-5-2-6-14-7(9(11,12)13)3-1-4-8(14)15/h2-3,5H,1,4,6H2/b5-2+. The molecule has 1 amide bonds. The van der Waals surface area contributed by atoms with E-state index in [9.17, 15) is 18.0 Å². The lowest BCUT2D eigenvalue weighted by Crippen LogP contribution is -2.38. The van der Waals surface area contributed by atoms with E-state index in [-0.39, 0.29) is 19.4 Å². The van der Waals surface area contributed by atoms with Crippen LogP contribution in [-0.4, -0.2) is 23.5 Å². The molecule has 0 unspecified atom stereocenters. The van der Waals surface area contributed by atoms with Crippen molar-refractivity contribution < 1.29 is 18.0 Å². The van der Waals surface area contributed by atoms with Crippen molar-refractivity contribution in [1.29, 1.82) is 0 Å². The Morgan fingerprint density at radius 2 is 2.20 bits per heavy atom. The van der Waals surface area contributed by atoms with Crippen LogP contribution in [-0.2, 0) is 4.79 Å². The van der Waals surface area contributed by atoms with E-state index in [1.807, 2.05) is 0 Å². The van der Waals surface area contributed by atoms with Gasteiger partial charge in [-0.3, -0.25) is 4.79 Å². The van der Waals surface area contributed by atoms with Crippen molar-refractivity contribution >= 4 is 21.8 Å². The summed E-state index contributed by atoms with van der Waals surface area (Å²) in [4.78, 5) is 13.5. The van der Waals surface area contributed by atoms with Gasteiger partial charge in [0.1, 0.15) is 5.70 Å². The maximum atomic E-state index is 12.5. The van der Waals surface area contributed by atoms with Crippen LogP contribution in [0.4, 0.5) is 13.2 Å². The molecule has 6 heteroatoms. The largest absolute Gasteiger partial charge is 0.431 e. The molecule has 84 valence electrons. The zero-order valence-corrected chi connectivity index (χ0v) is 9.31. The third-order valence-electron chi connectivity index (χ3n) is 1.96. The Kier molecular flexibility index (Phi) is 3.96. The van der Waals surface area contributed by atoms with Crippen LogP contribution < -0.4 is 0 Å². The Morgan fingerprint density at radius 3 is 2.73 bits per heavy atom. The minimum absolute atomic E-state index is 0.0601. The van der Waals surface area contributed by atoms with E-state index in [2.05, 4.69) is 15.9 Å². The summed E-state index contributed by atoms with van der Waals surface area (Å²) in [7, 11) is 0. The predicted molar refractivity (Wildman–Crippen MR) is 53.2 cm³/mol. The van der Waals surface area contributed by atoms with Crippen molar-refractivity contribution in [1.82, 2.24) is 4.90 Å². The summed E-state index contributed by atoms with van der Waals surface area (Å²) in [6.45, 7) is -0.0601. The molecule has 1 aliphatic heterocycles. The predicted octanol–water partition coefficient (Wildman–Crippen LogP) is 2.96. The lowest BCUT2D eigenvalue weighted by atomic mass is 10.1. The highest BCUT2D eigenvalue weighted by Crippen LogP contribution is 2.32. The number of halogens is 4. The molecule has 0 N–H and O–H groups in total. The zero-order valence-electron chi connectivity index (χ0n) is 7.72. The van der Waals surface area contributed by atoms with Crippen LogP contribution in [0.2, 0.25) is 0 Å². The first-order chi connectivity index (χ1) is 6.96. The topological polar surface area (TPSA) is 20.3 Å². The second-order valence-electron chi connectivity index (χ2n) is 2.99. The maximum absolute atomic E-state index is 12.5. The lowest BCUT2D eigenvalue weighted by molar-refractivity contribution is -0.143. The molecule has 1 rings (SSSR count). The first-order valence-electron chi connectivity index (χ1n) is 4.29. The van der Waals surface area contributed by atoms with E-state index in [1.165, 1.54) is 11.1 Å². The summed E-state index contributed by atoms with van der Waals surface area (Å²) < 4.78 is 37.5. The van der Waals surface area contributed by atoms with Gasteiger partial charge in [0.15, 0.2) is 0 Å². The van der Waals surface area contributed by atoms with Crippen molar-refractivity contribution in [2.45, 2.75) is 19.0 Å². The van der Waals surface area contributed by atoms with E-state index in [1.54, 1.807) is 0 Å². The molecule has 0 saturated heterocycles. The number of amides is 1. The van der Waals surface area contributed by atoms with Gasteiger partial charge in [-0.2, -0.15) is 13.2 Å². The van der Waals surface area contributed by atoms with Gasteiger partial charge in [-0.25, -0.2) is 0 Å². The quantitative estimate of drug-likeness (QED) is 0.763. The fourth-order valence-electron chi connectivity index (χ4n) is 1.33. The van der Waals surface area contributed by atoms with Crippen LogP contribution in [0.3, 0.4) is 0 Å². The molecule has 0 radical (unpaired) electrons. The second kappa shape index (κ2) is 4.83. The monoisotopic (exact) mass is 283 g/mol. The van der Waals surface area contributed by atoms with E-state index < -0.39 is 17.8 Å². The highest BCUT2D eigenvalue weighted by molar-refractivity contribution is 9.11. The number of hydrogen-bond acceptors (Lipinski definition) is 1. The fourth-order valence-corrected chi connectivity index (χ4v) is 1.49. The van der Waals surface area contributed by atoms with Gasteiger partial charge in [0.25, 0.3) is 0 Å². The summed E-state index contributed by atoms with van der Waals surface area (Å²) >= 11 is 2.95. The number of allylic oxidation sites excluding steroid dienone is 2. The molecule has 0 aromatic rings. The van der Waals surface area contributed by atoms with Crippen molar-refractivity contribution in [3.63, 3.8) is 0 Å². The third-order valence-corrected chi connectivity index (χ3v) is 2.33. The van der Waals surface area contributed by atoms with Crippen molar-refractivity contribution in [2.75, 3.05) is 6.54 Å². The molecule has 15 heavy (non-hydrogen) atoms. The second-order valence-corrected chi connectivity index (χ2v) is 3.52.